The zero-order chi connectivity index (χ0) is 27.2. The molecule has 0 bridgehead atoms. The highest BCUT2D eigenvalue weighted by Crippen LogP contribution is 2.23. The minimum atomic E-state index is -0.789. The Kier molecular flexibility index (Phi) is 9.49. The van der Waals surface area contributed by atoms with Gasteiger partial charge in [-0.15, -0.1) is 0 Å². The highest BCUT2D eigenvalue weighted by molar-refractivity contribution is 5.94. The Morgan fingerprint density at radius 1 is 1.00 bits per heavy atom. The Morgan fingerprint density at radius 3 is 2.38 bits per heavy atom. The molecule has 198 valence electrons. The lowest BCUT2D eigenvalue weighted by atomic mass is 9.93. The van der Waals surface area contributed by atoms with Gasteiger partial charge in [0.2, 0.25) is 0 Å². The Balaban J connectivity index is 1.56. The largest absolute Gasteiger partial charge is 0.508 e. The van der Waals surface area contributed by atoms with Crippen LogP contribution in [0.3, 0.4) is 0 Å². The van der Waals surface area contributed by atoms with Gasteiger partial charge in [0.1, 0.15) is 5.75 Å². The van der Waals surface area contributed by atoms with Crippen LogP contribution in [0.25, 0.3) is 0 Å². The third-order valence-corrected chi connectivity index (χ3v) is 6.77. The van der Waals surface area contributed by atoms with E-state index in [4.69, 9.17) is 0 Å². The Hall–Kier alpha value is -3.19. The van der Waals surface area contributed by atoms with Crippen LogP contribution in [-0.4, -0.2) is 39.9 Å². The monoisotopic (exact) mass is 504 g/mol. The first kappa shape index (κ1) is 28.4. The van der Waals surface area contributed by atoms with Crippen LogP contribution in [0.15, 0.2) is 54.6 Å². The molecule has 0 unspecified atom stereocenters. The first-order valence-corrected chi connectivity index (χ1v) is 12.8. The third-order valence-electron chi connectivity index (χ3n) is 6.77. The van der Waals surface area contributed by atoms with E-state index < -0.39 is 6.10 Å². The fourth-order valence-corrected chi connectivity index (χ4v) is 4.83. The SMILES string of the molecule is Cc1cc(C)c(CCNC(=O)c2cccc(CC(C)(C)NC[C@H](O)c3ccc(O)c(CO)c3)c2)c(C)c1. The number of rotatable bonds is 11. The van der Waals surface area contributed by atoms with Crippen LogP contribution in [0.4, 0.5) is 0 Å². The molecule has 0 radical (unpaired) electrons. The predicted octanol–water partition coefficient (Wildman–Crippen LogP) is 4.43. The standard InChI is InChI=1S/C31H40N2O4/c1-20-13-21(2)27(22(3)14-20)11-12-32-30(37)25-8-6-7-23(15-25)17-31(4,5)33-18-29(36)24-9-10-28(35)26(16-24)19-34/h6-10,13-16,29,33-36H,11-12,17-19H2,1-5H3,(H,32,37)/t29-/m0/s1. The number of hydrogen-bond donors (Lipinski definition) is 5. The van der Waals surface area contributed by atoms with Crippen molar-refractivity contribution in [3.8, 4) is 5.75 Å². The molecular weight excluding hydrogens is 464 g/mol. The van der Waals surface area contributed by atoms with Crippen molar-refractivity contribution in [2.45, 2.75) is 65.7 Å². The lowest BCUT2D eigenvalue weighted by Crippen LogP contribution is -2.43. The number of benzene rings is 3. The first-order valence-electron chi connectivity index (χ1n) is 12.8. The van der Waals surface area contributed by atoms with Crippen LogP contribution >= 0.6 is 0 Å². The molecule has 0 aromatic heterocycles. The fourth-order valence-electron chi connectivity index (χ4n) is 4.83. The molecule has 3 rings (SSSR count). The third kappa shape index (κ3) is 7.89. The van der Waals surface area contributed by atoms with Gasteiger partial charge in [-0.1, -0.05) is 35.9 Å². The van der Waals surface area contributed by atoms with Gasteiger partial charge in [0, 0.05) is 29.8 Å². The van der Waals surface area contributed by atoms with E-state index in [1.165, 1.54) is 28.3 Å². The number of aliphatic hydroxyl groups excluding tert-OH is 2. The van der Waals surface area contributed by atoms with Crippen LogP contribution < -0.4 is 10.6 Å². The number of amides is 1. The molecular formula is C31H40N2O4. The van der Waals surface area contributed by atoms with Crippen molar-refractivity contribution < 1.29 is 20.1 Å². The summed E-state index contributed by atoms with van der Waals surface area (Å²) in [5.41, 5.74) is 7.38. The number of phenols is 1. The van der Waals surface area contributed by atoms with Crippen LogP contribution in [-0.2, 0) is 19.4 Å². The maximum Gasteiger partial charge on any atom is 0.251 e. The highest BCUT2D eigenvalue weighted by Gasteiger charge is 2.21. The summed E-state index contributed by atoms with van der Waals surface area (Å²) in [6.45, 7) is 11.0. The van der Waals surface area contributed by atoms with Crippen molar-refractivity contribution in [1.29, 1.82) is 0 Å². The van der Waals surface area contributed by atoms with E-state index in [9.17, 15) is 20.1 Å². The molecule has 0 fully saturated rings. The highest BCUT2D eigenvalue weighted by atomic mass is 16.3. The minimum Gasteiger partial charge on any atom is -0.508 e. The number of aromatic hydroxyl groups is 1. The molecule has 0 aliphatic rings. The van der Waals surface area contributed by atoms with Gasteiger partial charge in [0.25, 0.3) is 5.91 Å². The van der Waals surface area contributed by atoms with E-state index in [0.717, 1.165) is 12.0 Å². The fraction of sp³-hybridized carbons (Fsp3) is 0.387. The van der Waals surface area contributed by atoms with Crippen molar-refractivity contribution in [3.63, 3.8) is 0 Å². The number of carbonyl (C=O) groups is 1. The summed E-state index contributed by atoms with van der Waals surface area (Å²) in [4.78, 5) is 12.8. The van der Waals surface area contributed by atoms with Crippen molar-refractivity contribution in [3.05, 3.63) is 99.1 Å². The average Bonchev–Trinajstić information content (AvgIpc) is 2.84. The normalized spacial score (nSPS) is 12.4. The molecule has 0 aliphatic carbocycles. The summed E-state index contributed by atoms with van der Waals surface area (Å²) in [6.07, 6.45) is 0.673. The lowest BCUT2D eigenvalue weighted by molar-refractivity contribution is 0.0954. The zero-order valence-corrected chi connectivity index (χ0v) is 22.6. The van der Waals surface area contributed by atoms with E-state index in [1.807, 2.05) is 24.3 Å². The van der Waals surface area contributed by atoms with Gasteiger partial charge in [-0.25, -0.2) is 0 Å². The topological polar surface area (TPSA) is 102 Å². The molecule has 3 aromatic carbocycles. The number of aryl methyl sites for hydroxylation is 3. The smallest absolute Gasteiger partial charge is 0.251 e. The van der Waals surface area contributed by atoms with Crippen molar-refractivity contribution in [1.82, 2.24) is 10.6 Å². The Bertz CT molecular complexity index is 1210. The van der Waals surface area contributed by atoms with E-state index in [2.05, 4.69) is 57.4 Å². The van der Waals surface area contributed by atoms with Gasteiger partial charge in [-0.3, -0.25) is 4.79 Å². The molecule has 0 saturated carbocycles. The molecule has 0 saturated heterocycles. The number of hydrogen-bond acceptors (Lipinski definition) is 5. The van der Waals surface area contributed by atoms with E-state index >= 15 is 0 Å². The second-order valence-electron chi connectivity index (χ2n) is 10.6. The predicted molar refractivity (Wildman–Crippen MR) is 148 cm³/mol. The number of nitrogens with one attached hydrogen (secondary N) is 2. The van der Waals surface area contributed by atoms with Gasteiger partial charge in [-0.05, 0) is 99.5 Å². The van der Waals surface area contributed by atoms with Crippen molar-refractivity contribution in [2.75, 3.05) is 13.1 Å². The zero-order valence-electron chi connectivity index (χ0n) is 22.6. The van der Waals surface area contributed by atoms with Crippen molar-refractivity contribution >= 4 is 5.91 Å². The van der Waals surface area contributed by atoms with E-state index in [-0.39, 0.29) is 23.8 Å². The first-order chi connectivity index (χ1) is 17.5. The van der Waals surface area contributed by atoms with Crippen LogP contribution in [0.5, 0.6) is 5.75 Å². The van der Waals surface area contributed by atoms with Gasteiger partial charge in [-0.2, -0.15) is 0 Å². The van der Waals surface area contributed by atoms with E-state index in [0.29, 0.717) is 36.2 Å². The summed E-state index contributed by atoms with van der Waals surface area (Å²) in [5.74, 6) is -0.0755. The summed E-state index contributed by atoms with van der Waals surface area (Å²) < 4.78 is 0. The lowest BCUT2D eigenvalue weighted by Gasteiger charge is -2.28. The van der Waals surface area contributed by atoms with Crippen LogP contribution in [0.2, 0.25) is 0 Å². The molecule has 0 aliphatic heterocycles. The molecule has 37 heavy (non-hydrogen) atoms. The quantitative estimate of drug-likeness (QED) is 0.266. The summed E-state index contributed by atoms with van der Waals surface area (Å²) in [7, 11) is 0. The molecule has 5 N–H and O–H groups in total. The molecule has 0 spiro atoms. The van der Waals surface area contributed by atoms with E-state index in [1.54, 1.807) is 12.1 Å². The number of β-amino-alcohol motifs (C(OH)–C–C–N with tert-alkyl or cyclic N) is 1. The summed E-state index contributed by atoms with van der Waals surface area (Å²) >= 11 is 0. The number of carbonyl (C=O) groups excluding carboxylic acids is 1. The molecule has 1 amide bonds. The Morgan fingerprint density at radius 2 is 1.70 bits per heavy atom. The molecule has 6 heteroatoms. The summed E-state index contributed by atoms with van der Waals surface area (Å²) in [6, 6.07) is 16.8. The molecule has 1 atom stereocenters. The van der Waals surface area contributed by atoms with Crippen molar-refractivity contribution in [2.24, 2.45) is 0 Å². The maximum absolute atomic E-state index is 12.8. The minimum absolute atomic E-state index is 0.0102. The molecule has 3 aromatic rings. The maximum atomic E-state index is 12.8. The Labute approximate surface area is 220 Å². The second kappa shape index (κ2) is 12.4. The van der Waals surface area contributed by atoms with Crippen LogP contribution in [0, 0.1) is 20.8 Å². The average molecular weight is 505 g/mol. The van der Waals surface area contributed by atoms with Gasteiger partial charge in [0.05, 0.1) is 12.7 Å². The molecule has 0 heterocycles. The number of aliphatic hydroxyl groups is 2. The van der Waals surface area contributed by atoms with Gasteiger partial charge >= 0.3 is 0 Å². The van der Waals surface area contributed by atoms with Crippen LogP contribution in [0.1, 0.15) is 69.3 Å². The van der Waals surface area contributed by atoms with Gasteiger partial charge in [0.15, 0.2) is 0 Å². The second-order valence-corrected chi connectivity index (χ2v) is 10.6. The summed E-state index contributed by atoms with van der Waals surface area (Å²) in [5, 5.41) is 36.2. The van der Waals surface area contributed by atoms with Gasteiger partial charge < -0.3 is 26.0 Å². The molecule has 6 nitrogen and oxygen atoms in total.